The van der Waals surface area contributed by atoms with Gasteiger partial charge >= 0.3 is 0 Å². The summed E-state index contributed by atoms with van der Waals surface area (Å²) in [4.78, 5) is 33.0. The normalized spacial score (nSPS) is 17.1. The molecule has 0 fully saturated rings. The summed E-state index contributed by atoms with van der Waals surface area (Å²) < 4.78 is 13.9. The van der Waals surface area contributed by atoms with Crippen molar-refractivity contribution in [2.24, 2.45) is 0 Å². The standard InChI is InChI=1S/C20H22FN3O3S/c1-11-19(28-12(2)22-11)17(25)15-16(13-6-5-7-14(21)10-13)24(9-8-23(3)4)20(27)18(15)26/h5-7,10,16,26H,8-9H2,1-4H3. The molecule has 1 N–H and O–H groups in total. The van der Waals surface area contributed by atoms with E-state index in [0.717, 1.165) is 4.90 Å². The van der Waals surface area contributed by atoms with Crippen LogP contribution >= 0.6 is 11.3 Å². The van der Waals surface area contributed by atoms with Gasteiger partial charge in [0.25, 0.3) is 0 Å². The fourth-order valence-corrected chi connectivity index (χ4v) is 4.21. The highest BCUT2D eigenvalue weighted by molar-refractivity contribution is 7.14. The Morgan fingerprint density at radius 2 is 2.07 bits per heavy atom. The molecular weight excluding hydrogens is 381 g/mol. The predicted octanol–water partition coefficient (Wildman–Crippen LogP) is 0.424. The molecule has 1 aliphatic rings. The largest absolute Gasteiger partial charge is 0.868 e. The molecular formula is C20H22FN3O3S. The number of aromatic nitrogens is 1. The molecule has 0 bridgehead atoms. The van der Waals surface area contributed by atoms with E-state index in [1.807, 2.05) is 14.1 Å². The molecule has 0 spiro atoms. The number of hydrogen-bond donors (Lipinski definition) is 1. The number of Topliss-reactive ketones (excluding diaryl/α,β-unsaturated/α-hetero) is 1. The summed E-state index contributed by atoms with van der Waals surface area (Å²) in [5.74, 6) is -2.54. The van der Waals surface area contributed by atoms with Crippen LogP contribution in [-0.4, -0.2) is 48.8 Å². The summed E-state index contributed by atoms with van der Waals surface area (Å²) in [6, 6.07) is 4.80. The zero-order valence-corrected chi connectivity index (χ0v) is 17.0. The van der Waals surface area contributed by atoms with Crippen LogP contribution in [0.1, 0.15) is 32.0 Å². The number of carbonyl (C=O) groups is 2. The van der Waals surface area contributed by atoms with Crippen LogP contribution < -0.4 is 10.0 Å². The third-order valence-electron chi connectivity index (χ3n) is 4.66. The molecule has 6 nitrogen and oxygen atoms in total. The summed E-state index contributed by atoms with van der Waals surface area (Å²) in [5.41, 5.74) is 0.806. The van der Waals surface area contributed by atoms with E-state index in [9.17, 15) is 19.1 Å². The van der Waals surface area contributed by atoms with E-state index < -0.39 is 29.3 Å². The molecule has 1 aliphatic heterocycles. The number of nitrogens with zero attached hydrogens (tertiary/aromatic N) is 2. The van der Waals surface area contributed by atoms with Gasteiger partial charge in [-0.15, -0.1) is 11.3 Å². The summed E-state index contributed by atoms with van der Waals surface area (Å²) in [7, 11) is 3.86. The monoisotopic (exact) mass is 403 g/mol. The lowest BCUT2D eigenvalue weighted by Crippen LogP contribution is -3.06. The minimum Gasteiger partial charge on any atom is -0.868 e. The van der Waals surface area contributed by atoms with Gasteiger partial charge in [0.2, 0.25) is 11.7 Å². The Morgan fingerprint density at radius 1 is 1.36 bits per heavy atom. The number of amides is 1. The number of quaternary nitrogens is 1. The van der Waals surface area contributed by atoms with Crippen molar-refractivity contribution in [2.45, 2.75) is 19.9 Å². The highest BCUT2D eigenvalue weighted by Crippen LogP contribution is 2.39. The van der Waals surface area contributed by atoms with Crippen molar-refractivity contribution >= 4 is 23.0 Å². The van der Waals surface area contributed by atoms with E-state index >= 15 is 0 Å². The van der Waals surface area contributed by atoms with E-state index in [0.29, 0.717) is 27.7 Å². The second kappa shape index (κ2) is 7.81. The van der Waals surface area contributed by atoms with Gasteiger partial charge in [-0.25, -0.2) is 9.37 Å². The molecule has 0 saturated carbocycles. The predicted molar refractivity (Wildman–Crippen MR) is 101 cm³/mol. The average Bonchev–Trinajstić information content (AvgIpc) is 3.09. The Bertz CT molecular complexity index is 967. The van der Waals surface area contributed by atoms with Gasteiger partial charge in [-0.2, -0.15) is 0 Å². The van der Waals surface area contributed by atoms with Crippen molar-refractivity contribution in [3.8, 4) is 0 Å². The van der Waals surface area contributed by atoms with Gasteiger partial charge in [0.1, 0.15) is 5.82 Å². The van der Waals surface area contributed by atoms with Crippen molar-refractivity contribution in [1.29, 1.82) is 0 Å². The Morgan fingerprint density at radius 3 is 2.64 bits per heavy atom. The number of ketones is 1. The van der Waals surface area contributed by atoms with Gasteiger partial charge in [-0.05, 0) is 37.3 Å². The van der Waals surface area contributed by atoms with Gasteiger partial charge in [-0.1, -0.05) is 12.1 Å². The van der Waals surface area contributed by atoms with Crippen LogP contribution in [-0.2, 0) is 4.79 Å². The van der Waals surface area contributed by atoms with Crippen molar-refractivity contribution in [3.05, 3.63) is 62.6 Å². The van der Waals surface area contributed by atoms with E-state index in [1.165, 1.54) is 34.4 Å². The topological polar surface area (TPSA) is 77.8 Å². The van der Waals surface area contributed by atoms with Crippen molar-refractivity contribution in [2.75, 3.05) is 27.2 Å². The van der Waals surface area contributed by atoms with E-state index in [-0.39, 0.29) is 12.1 Å². The van der Waals surface area contributed by atoms with Crippen LogP contribution in [0, 0.1) is 19.7 Å². The highest BCUT2D eigenvalue weighted by atomic mass is 32.1. The Balaban J connectivity index is 2.10. The van der Waals surface area contributed by atoms with Gasteiger partial charge in [0.15, 0.2) is 0 Å². The first kappa shape index (κ1) is 20.2. The number of thiazole rings is 1. The first-order valence-electron chi connectivity index (χ1n) is 8.96. The maximum atomic E-state index is 13.9. The lowest BCUT2D eigenvalue weighted by molar-refractivity contribution is -0.857. The smallest absolute Gasteiger partial charge is 0.240 e. The average molecular weight is 403 g/mol. The van der Waals surface area contributed by atoms with Crippen LogP contribution in [0.15, 0.2) is 35.6 Å². The van der Waals surface area contributed by atoms with Crippen LogP contribution in [0.2, 0.25) is 0 Å². The Kier molecular flexibility index (Phi) is 5.62. The highest BCUT2D eigenvalue weighted by Gasteiger charge is 2.40. The molecule has 148 valence electrons. The molecule has 2 aromatic rings. The quantitative estimate of drug-likeness (QED) is 0.710. The fourth-order valence-electron chi connectivity index (χ4n) is 3.33. The molecule has 0 radical (unpaired) electrons. The SMILES string of the molecule is Cc1nc(C)c(C(=O)C2=C([O-])C(=O)N(CC[NH+](C)C)C2c2cccc(F)c2)s1. The summed E-state index contributed by atoms with van der Waals surface area (Å²) in [6.07, 6.45) is 0. The van der Waals surface area contributed by atoms with Gasteiger partial charge in [0, 0.05) is 5.57 Å². The zero-order valence-electron chi connectivity index (χ0n) is 16.2. The number of carbonyl (C=O) groups excluding carboxylic acids is 2. The minimum atomic E-state index is -0.899. The summed E-state index contributed by atoms with van der Waals surface area (Å²) in [5, 5.41) is 13.5. The molecule has 1 atom stereocenters. The van der Waals surface area contributed by atoms with Crippen LogP contribution in [0.4, 0.5) is 4.39 Å². The number of benzene rings is 1. The number of rotatable bonds is 6. The third-order valence-corrected chi connectivity index (χ3v) is 5.73. The van der Waals surface area contributed by atoms with Gasteiger partial charge in [-0.3, -0.25) is 9.59 Å². The summed E-state index contributed by atoms with van der Waals surface area (Å²) >= 11 is 1.19. The van der Waals surface area contributed by atoms with E-state index in [4.69, 9.17) is 0 Å². The number of hydrogen-bond acceptors (Lipinski definition) is 5. The maximum absolute atomic E-state index is 13.9. The number of aryl methyl sites for hydroxylation is 2. The van der Waals surface area contributed by atoms with Crippen molar-refractivity contribution in [1.82, 2.24) is 9.88 Å². The van der Waals surface area contributed by atoms with Crippen molar-refractivity contribution in [3.63, 3.8) is 0 Å². The van der Waals surface area contributed by atoms with Crippen molar-refractivity contribution < 1.29 is 24.0 Å². The molecule has 8 heteroatoms. The first-order valence-corrected chi connectivity index (χ1v) is 9.77. The van der Waals surface area contributed by atoms with Crippen LogP contribution in [0.3, 0.4) is 0 Å². The molecule has 1 unspecified atom stereocenters. The molecule has 0 aliphatic carbocycles. The first-order chi connectivity index (χ1) is 13.2. The fraction of sp³-hybridized carbons (Fsp3) is 0.350. The lowest BCUT2D eigenvalue weighted by Gasteiger charge is -2.28. The maximum Gasteiger partial charge on any atom is 0.240 e. The molecule has 3 rings (SSSR count). The second-order valence-corrected chi connectivity index (χ2v) is 8.34. The van der Waals surface area contributed by atoms with E-state index in [2.05, 4.69) is 4.98 Å². The van der Waals surface area contributed by atoms with E-state index in [1.54, 1.807) is 19.9 Å². The molecule has 1 aromatic carbocycles. The molecule has 1 aromatic heterocycles. The Labute approximate surface area is 166 Å². The number of halogens is 1. The minimum absolute atomic E-state index is 0.129. The molecule has 2 heterocycles. The van der Waals surface area contributed by atoms with Crippen LogP contribution in [0.5, 0.6) is 0 Å². The number of likely N-dealkylation sites (N-methyl/N-ethyl adjacent to an activating group) is 1. The molecule has 1 amide bonds. The molecule has 0 saturated heterocycles. The zero-order chi connectivity index (χ0) is 20.6. The third kappa shape index (κ3) is 3.70. The lowest BCUT2D eigenvalue weighted by atomic mass is 9.95. The Hall–Kier alpha value is -2.58. The van der Waals surface area contributed by atoms with Crippen LogP contribution in [0.25, 0.3) is 0 Å². The van der Waals surface area contributed by atoms with Gasteiger partial charge < -0.3 is 14.9 Å². The number of nitrogens with one attached hydrogen (secondary N) is 1. The van der Waals surface area contributed by atoms with Gasteiger partial charge in [0.05, 0.1) is 48.8 Å². The molecule has 28 heavy (non-hydrogen) atoms. The summed E-state index contributed by atoms with van der Waals surface area (Å²) in [6.45, 7) is 4.34. The second-order valence-electron chi connectivity index (χ2n) is 7.13.